The predicted octanol–water partition coefficient (Wildman–Crippen LogP) is 1.45. The van der Waals surface area contributed by atoms with E-state index in [2.05, 4.69) is 12.2 Å². The van der Waals surface area contributed by atoms with Gasteiger partial charge in [-0.15, -0.1) is 0 Å². The molecular formula is C12H23NO2. The quantitative estimate of drug-likeness (QED) is 0.745. The Balaban J connectivity index is 1.80. The normalized spacial score (nSPS) is 35.6. The van der Waals surface area contributed by atoms with E-state index in [-0.39, 0.29) is 5.54 Å². The van der Waals surface area contributed by atoms with Gasteiger partial charge in [-0.1, -0.05) is 12.8 Å². The summed E-state index contributed by atoms with van der Waals surface area (Å²) in [7, 11) is 0. The zero-order valence-corrected chi connectivity index (χ0v) is 9.72. The third-order valence-electron chi connectivity index (χ3n) is 3.82. The van der Waals surface area contributed by atoms with E-state index in [0.29, 0.717) is 0 Å². The van der Waals surface area contributed by atoms with Crippen molar-refractivity contribution in [3.63, 3.8) is 0 Å². The molecule has 1 aliphatic heterocycles. The zero-order valence-electron chi connectivity index (χ0n) is 9.72. The molecule has 0 bridgehead atoms. The highest BCUT2D eigenvalue weighted by Crippen LogP contribution is 2.29. The van der Waals surface area contributed by atoms with Crippen LogP contribution < -0.4 is 5.32 Å². The van der Waals surface area contributed by atoms with Gasteiger partial charge in [0.1, 0.15) is 0 Å². The van der Waals surface area contributed by atoms with Crippen LogP contribution in [-0.4, -0.2) is 36.0 Å². The average molecular weight is 213 g/mol. The van der Waals surface area contributed by atoms with Crippen LogP contribution in [0.4, 0.5) is 0 Å². The zero-order chi connectivity index (χ0) is 10.8. The first-order valence-corrected chi connectivity index (χ1v) is 6.17. The van der Waals surface area contributed by atoms with Gasteiger partial charge in [-0.05, 0) is 32.6 Å². The molecule has 0 aromatic carbocycles. The first-order chi connectivity index (χ1) is 7.12. The number of aliphatic hydroxyl groups is 1. The number of rotatable bonds is 3. The van der Waals surface area contributed by atoms with Crippen molar-refractivity contribution in [1.82, 2.24) is 5.32 Å². The number of β-amino-alcohol motifs (C(OH)–C–C–N with tert-alkyl or cyclic N) is 1. The van der Waals surface area contributed by atoms with Crippen LogP contribution >= 0.6 is 0 Å². The van der Waals surface area contributed by atoms with Crippen molar-refractivity contribution in [2.75, 3.05) is 19.8 Å². The molecule has 2 rings (SSSR count). The predicted molar refractivity (Wildman–Crippen MR) is 59.9 cm³/mol. The molecule has 1 atom stereocenters. The molecule has 1 unspecified atom stereocenters. The molecule has 0 radical (unpaired) electrons. The molecule has 1 saturated carbocycles. The summed E-state index contributed by atoms with van der Waals surface area (Å²) in [5, 5.41) is 13.7. The molecule has 88 valence electrons. The molecule has 2 N–H and O–H groups in total. The molecule has 2 aliphatic rings. The van der Waals surface area contributed by atoms with E-state index in [1.54, 1.807) is 0 Å². The Bertz CT molecular complexity index is 206. The molecule has 2 fully saturated rings. The van der Waals surface area contributed by atoms with E-state index < -0.39 is 5.60 Å². The standard InChI is InChI=1S/C12H23NO2/c1-11(5-4-8-15-10-11)13-9-12(14)6-2-3-7-12/h13-14H,2-10H2,1H3. The highest BCUT2D eigenvalue weighted by Gasteiger charge is 2.34. The molecule has 0 spiro atoms. The van der Waals surface area contributed by atoms with Crippen LogP contribution in [0.5, 0.6) is 0 Å². The smallest absolute Gasteiger partial charge is 0.0771 e. The molecule has 1 aliphatic carbocycles. The summed E-state index contributed by atoms with van der Waals surface area (Å²) in [6.07, 6.45) is 6.54. The average Bonchev–Trinajstić information content (AvgIpc) is 2.65. The highest BCUT2D eigenvalue weighted by atomic mass is 16.5. The Kier molecular flexibility index (Phi) is 3.33. The van der Waals surface area contributed by atoms with Crippen LogP contribution in [0.25, 0.3) is 0 Å². The summed E-state index contributed by atoms with van der Waals surface area (Å²) in [6, 6.07) is 0. The van der Waals surface area contributed by atoms with Crippen LogP contribution in [0.15, 0.2) is 0 Å². The van der Waals surface area contributed by atoms with Crippen molar-refractivity contribution in [2.24, 2.45) is 0 Å². The van der Waals surface area contributed by atoms with E-state index in [9.17, 15) is 5.11 Å². The minimum atomic E-state index is -0.444. The van der Waals surface area contributed by atoms with Crippen molar-refractivity contribution in [2.45, 2.75) is 56.6 Å². The Labute approximate surface area is 92.2 Å². The Morgan fingerprint density at radius 2 is 1.93 bits per heavy atom. The van der Waals surface area contributed by atoms with Crippen LogP contribution in [0, 0.1) is 0 Å². The third kappa shape index (κ3) is 2.92. The summed E-state index contributed by atoms with van der Waals surface area (Å²) < 4.78 is 5.49. The molecule has 3 nitrogen and oxygen atoms in total. The van der Waals surface area contributed by atoms with Crippen molar-refractivity contribution in [3.8, 4) is 0 Å². The Morgan fingerprint density at radius 3 is 2.53 bits per heavy atom. The van der Waals surface area contributed by atoms with Gasteiger partial charge in [-0.25, -0.2) is 0 Å². The Morgan fingerprint density at radius 1 is 1.20 bits per heavy atom. The van der Waals surface area contributed by atoms with Crippen molar-refractivity contribution in [1.29, 1.82) is 0 Å². The van der Waals surface area contributed by atoms with E-state index in [4.69, 9.17) is 4.74 Å². The summed E-state index contributed by atoms with van der Waals surface area (Å²) in [5.41, 5.74) is -0.364. The molecule has 1 saturated heterocycles. The third-order valence-corrected chi connectivity index (χ3v) is 3.82. The second-order valence-corrected chi connectivity index (χ2v) is 5.50. The second-order valence-electron chi connectivity index (χ2n) is 5.50. The van der Waals surface area contributed by atoms with Gasteiger partial charge in [-0.2, -0.15) is 0 Å². The van der Waals surface area contributed by atoms with Gasteiger partial charge in [0, 0.05) is 18.7 Å². The van der Waals surface area contributed by atoms with Gasteiger partial charge < -0.3 is 15.2 Å². The highest BCUT2D eigenvalue weighted by molar-refractivity contribution is 4.92. The topological polar surface area (TPSA) is 41.5 Å². The molecule has 3 heteroatoms. The van der Waals surface area contributed by atoms with Crippen LogP contribution in [0.1, 0.15) is 45.4 Å². The molecule has 0 aromatic rings. The summed E-state index contributed by atoms with van der Waals surface area (Å²) >= 11 is 0. The van der Waals surface area contributed by atoms with E-state index in [0.717, 1.165) is 45.4 Å². The van der Waals surface area contributed by atoms with Gasteiger partial charge in [0.25, 0.3) is 0 Å². The summed E-state index contributed by atoms with van der Waals surface area (Å²) in [4.78, 5) is 0. The van der Waals surface area contributed by atoms with Gasteiger partial charge in [0.05, 0.1) is 12.2 Å². The maximum atomic E-state index is 10.2. The van der Waals surface area contributed by atoms with Crippen molar-refractivity contribution < 1.29 is 9.84 Å². The van der Waals surface area contributed by atoms with E-state index >= 15 is 0 Å². The van der Waals surface area contributed by atoms with Gasteiger partial charge in [0.2, 0.25) is 0 Å². The van der Waals surface area contributed by atoms with E-state index in [1.807, 2.05) is 0 Å². The maximum Gasteiger partial charge on any atom is 0.0771 e. The molecule has 0 aromatic heterocycles. The first-order valence-electron chi connectivity index (χ1n) is 6.17. The lowest BCUT2D eigenvalue weighted by molar-refractivity contribution is 0.000518. The van der Waals surface area contributed by atoms with Crippen LogP contribution in [0.2, 0.25) is 0 Å². The largest absolute Gasteiger partial charge is 0.389 e. The lowest BCUT2D eigenvalue weighted by Crippen LogP contribution is -2.53. The number of nitrogens with one attached hydrogen (secondary N) is 1. The van der Waals surface area contributed by atoms with Crippen molar-refractivity contribution in [3.05, 3.63) is 0 Å². The minimum absolute atomic E-state index is 0.0799. The van der Waals surface area contributed by atoms with Gasteiger partial charge in [-0.3, -0.25) is 0 Å². The molecular weight excluding hydrogens is 190 g/mol. The summed E-state index contributed by atoms with van der Waals surface area (Å²) in [6.45, 7) is 4.60. The summed E-state index contributed by atoms with van der Waals surface area (Å²) in [5.74, 6) is 0. The van der Waals surface area contributed by atoms with Crippen molar-refractivity contribution >= 4 is 0 Å². The van der Waals surface area contributed by atoms with Crippen LogP contribution in [-0.2, 0) is 4.74 Å². The van der Waals surface area contributed by atoms with Crippen LogP contribution in [0.3, 0.4) is 0 Å². The molecule has 1 heterocycles. The fourth-order valence-electron chi connectivity index (χ4n) is 2.66. The lowest BCUT2D eigenvalue weighted by Gasteiger charge is -2.37. The Hall–Kier alpha value is -0.120. The van der Waals surface area contributed by atoms with Gasteiger partial charge >= 0.3 is 0 Å². The number of hydrogen-bond acceptors (Lipinski definition) is 3. The monoisotopic (exact) mass is 213 g/mol. The number of hydrogen-bond donors (Lipinski definition) is 2. The lowest BCUT2D eigenvalue weighted by atomic mass is 9.93. The first kappa shape index (κ1) is 11.4. The minimum Gasteiger partial charge on any atom is -0.389 e. The molecule has 15 heavy (non-hydrogen) atoms. The van der Waals surface area contributed by atoms with E-state index in [1.165, 1.54) is 12.8 Å². The fraction of sp³-hybridized carbons (Fsp3) is 1.00. The maximum absolute atomic E-state index is 10.2. The molecule has 0 amide bonds. The number of ether oxygens (including phenoxy) is 1. The SMILES string of the molecule is CC1(NCC2(O)CCCC2)CCCOC1. The fourth-order valence-corrected chi connectivity index (χ4v) is 2.66. The second kappa shape index (κ2) is 4.40. The van der Waals surface area contributed by atoms with Gasteiger partial charge in [0.15, 0.2) is 0 Å².